The third-order valence-corrected chi connectivity index (χ3v) is 4.43. The second-order valence-electron chi connectivity index (χ2n) is 4.93. The third-order valence-electron chi connectivity index (χ3n) is 3.53. The van der Waals surface area contributed by atoms with Crippen LogP contribution < -0.4 is 0 Å². The molecule has 1 N–H and O–H groups in total. The van der Waals surface area contributed by atoms with Crippen LogP contribution in [0.2, 0.25) is 0 Å². The average molecular weight is 295 g/mol. The van der Waals surface area contributed by atoms with Gasteiger partial charge in [-0.15, -0.1) is 11.3 Å². The van der Waals surface area contributed by atoms with Crippen LogP contribution in [0.15, 0.2) is 60.0 Å². The molecule has 0 saturated carbocycles. The van der Waals surface area contributed by atoms with Crippen molar-refractivity contribution in [3.05, 3.63) is 76.1 Å². The second-order valence-corrected chi connectivity index (χ2v) is 5.82. The van der Waals surface area contributed by atoms with Crippen LogP contribution in [-0.2, 0) is 6.42 Å². The highest BCUT2D eigenvalue weighted by atomic mass is 32.1. The van der Waals surface area contributed by atoms with Gasteiger partial charge in [0.25, 0.3) is 0 Å². The Labute approximate surface area is 128 Å². The smallest absolute Gasteiger partial charge is 0.131 e. The molecule has 3 aromatic rings. The largest absolute Gasteiger partial charge is 0.381 e. The highest BCUT2D eigenvalue weighted by molar-refractivity contribution is 7.10. The molecule has 1 aromatic heterocycles. The van der Waals surface area contributed by atoms with E-state index in [4.69, 9.17) is 0 Å². The maximum atomic E-state index is 10.4. The van der Waals surface area contributed by atoms with E-state index in [9.17, 15) is 5.11 Å². The zero-order chi connectivity index (χ0) is 14.7. The Bertz CT molecular complexity index is 704. The Balaban J connectivity index is 1.85. The molecule has 0 aliphatic heterocycles. The van der Waals surface area contributed by atoms with Crippen LogP contribution in [0.3, 0.4) is 0 Å². The molecule has 0 bridgehead atoms. The van der Waals surface area contributed by atoms with Crippen LogP contribution in [0.5, 0.6) is 0 Å². The molecule has 1 atom stereocenters. The van der Waals surface area contributed by atoms with Gasteiger partial charge in [-0.1, -0.05) is 61.5 Å². The summed E-state index contributed by atoms with van der Waals surface area (Å²) in [6, 6.07) is 18.1. The molecule has 3 heteroatoms. The minimum atomic E-state index is -0.653. The zero-order valence-electron chi connectivity index (χ0n) is 11.9. The van der Waals surface area contributed by atoms with Crippen molar-refractivity contribution in [3.8, 4) is 11.3 Å². The van der Waals surface area contributed by atoms with Gasteiger partial charge in [-0.05, 0) is 17.5 Å². The van der Waals surface area contributed by atoms with Crippen molar-refractivity contribution in [2.75, 3.05) is 0 Å². The maximum absolute atomic E-state index is 10.4. The SMILES string of the molecule is CCc1ccc(-c2csc(C(O)c3ccccc3)n2)cc1. The first-order chi connectivity index (χ1) is 10.3. The third kappa shape index (κ3) is 3.04. The van der Waals surface area contributed by atoms with E-state index in [1.165, 1.54) is 16.9 Å². The van der Waals surface area contributed by atoms with Crippen LogP contribution in [0.4, 0.5) is 0 Å². The lowest BCUT2D eigenvalue weighted by Gasteiger charge is -2.07. The van der Waals surface area contributed by atoms with Gasteiger partial charge >= 0.3 is 0 Å². The zero-order valence-corrected chi connectivity index (χ0v) is 12.7. The molecule has 0 spiro atoms. The molecule has 2 aromatic carbocycles. The van der Waals surface area contributed by atoms with Crippen molar-refractivity contribution in [2.45, 2.75) is 19.4 Å². The second kappa shape index (κ2) is 6.20. The Morgan fingerprint density at radius 2 is 1.76 bits per heavy atom. The molecule has 1 heterocycles. The van der Waals surface area contributed by atoms with Gasteiger partial charge in [0, 0.05) is 10.9 Å². The molecule has 0 radical (unpaired) electrons. The quantitative estimate of drug-likeness (QED) is 0.771. The minimum absolute atomic E-state index is 0.653. The van der Waals surface area contributed by atoms with Crippen molar-refractivity contribution in [3.63, 3.8) is 0 Å². The number of aromatic nitrogens is 1. The Hall–Kier alpha value is -1.97. The molecular weight excluding hydrogens is 278 g/mol. The van der Waals surface area contributed by atoms with Crippen LogP contribution in [0.1, 0.15) is 29.2 Å². The number of aliphatic hydroxyl groups excluding tert-OH is 1. The van der Waals surface area contributed by atoms with Gasteiger partial charge in [-0.2, -0.15) is 0 Å². The van der Waals surface area contributed by atoms with Gasteiger partial charge in [-0.25, -0.2) is 4.98 Å². The van der Waals surface area contributed by atoms with Gasteiger partial charge in [-0.3, -0.25) is 0 Å². The monoisotopic (exact) mass is 295 g/mol. The molecule has 21 heavy (non-hydrogen) atoms. The van der Waals surface area contributed by atoms with E-state index in [0.717, 1.165) is 28.2 Å². The van der Waals surface area contributed by atoms with E-state index in [1.54, 1.807) is 0 Å². The van der Waals surface area contributed by atoms with Gasteiger partial charge in [0.15, 0.2) is 0 Å². The average Bonchev–Trinajstić information content (AvgIpc) is 3.05. The molecule has 0 aliphatic rings. The van der Waals surface area contributed by atoms with E-state index in [0.29, 0.717) is 0 Å². The first-order valence-electron chi connectivity index (χ1n) is 7.05. The summed E-state index contributed by atoms with van der Waals surface area (Å²) in [5.41, 5.74) is 4.21. The van der Waals surface area contributed by atoms with Gasteiger partial charge in [0.1, 0.15) is 11.1 Å². The molecule has 0 amide bonds. The van der Waals surface area contributed by atoms with Crippen molar-refractivity contribution in [1.82, 2.24) is 4.98 Å². The molecule has 0 fully saturated rings. The summed E-state index contributed by atoms with van der Waals surface area (Å²) in [5.74, 6) is 0. The number of nitrogens with zero attached hydrogens (tertiary/aromatic N) is 1. The summed E-state index contributed by atoms with van der Waals surface area (Å²) in [6.07, 6.45) is 0.384. The molecule has 2 nitrogen and oxygen atoms in total. The van der Waals surface area contributed by atoms with Crippen molar-refractivity contribution >= 4 is 11.3 Å². The van der Waals surface area contributed by atoms with Gasteiger partial charge in [0.05, 0.1) is 5.69 Å². The lowest BCUT2D eigenvalue weighted by molar-refractivity contribution is 0.220. The number of aryl methyl sites for hydroxylation is 1. The number of rotatable bonds is 4. The fourth-order valence-corrected chi connectivity index (χ4v) is 3.07. The number of thiazole rings is 1. The van der Waals surface area contributed by atoms with Gasteiger partial charge < -0.3 is 5.11 Å². The predicted octanol–water partition coefficient (Wildman–Crippen LogP) is 4.45. The lowest BCUT2D eigenvalue weighted by Crippen LogP contribution is -1.98. The normalized spacial score (nSPS) is 12.3. The first-order valence-corrected chi connectivity index (χ1v) is 7.93. The standard InChI is InChI=1S/C18H17NOS/c1-2-13-8-10-14(11-9-13)16-12-21-18(19-16)17(20)15-6-4-3-5-7-15/h3-12,17,20H,2H2,1H3. The summed E-state index contributed by atoms with van der Waals surface area (Å²) in [6.45, 7) is 2.15. The molecule has 3 rings (SSSR count). The molecular formula is C18H17NOS. The minimum Gasteiger partial charge on any atom is -0.381 e. The van der Waals surface area contributed by atoms with E-state index < -0.39 is 6.10 Å². The van der Waals surface area contributed by atoms with Crippen LogP contribution >= 0.6 is 11.3 Å². The highest BCUT2D eigenvalue weighted by Crippen LogP contribution is 2.29. The summed E-state index contributed by atoms with van der Waals surface area (Å²) < 4.78 is 0. The number of hydrogen-bond acceptors (Lipinski definition) is 3. The van der Waals surface area contributed by atoms with Crippen LogP contribution in [-0.4, -0.2) is 10.1 Å². The van der Waals surface area contributed by atoms with E-state index >= 15 is 0 Å². The molecule has 0 saturated heterocycles. The topological polar surface area (TPSA) is 33.1 Å². The van der Waals surface area contributed by atoms with Crippen molar-refractivity contribution < 1.29 is 5.11 Å². The Morgan fingerprint density at radius 3 is 2.43 bits per heavy atom. The summed E-state index contributed by atoms with van der Waals surface area (Å²) in [4.78, 5) is 4.58. The predicted molar refractivity (Wildman–Crippen MR) is 87.4 cm³/mol. The molecule has 0 aliphatic carbocycles. The first kappa shape index (κ1) is 14.0. The number of benzene rings is 2. The van der Waals surface area contributed by atoms with Crippen molar-refractivity contribution in [1.29, 1.82) is 0 Å². The molecule has 1 unspecified atom stereocenters. The fraction of sp³-hybridized carbons (Fsp3) is 0.167. The van der Waals surface area contributed by atoms with Crippen molar-refractivity contribution in [2.24, 2.45) is 0 Å². The lowest BCUT2D eigenvalue weighted by atomic mass is 10.1. The number of aliphatic hydroxyl groups is 1. The highest BCUT2D eigenvalue weighted by Gasteiger charge is 2.14. The Morgan fingerprint density at radius 1 is 1.05 bits per heavy atom. The Kier molecular flexibility index (Phi) is 4.13. The van der Waals surface area contributed by atoms with Crippen LogP contribution in [0, 0.1) is 0 Å². The number of hydrogen-bond donors (Lipinski definition) is 1. The van der Waals surface area contributed by atoms with Crippen LogP contribution in [0.25, 0.3) is 11.3 Å². The van der Waals surface area contributed by atoms with E-state index in [1.807, 2.05) is 35.7 Å². The summed E-state index contributed by atoms with van der Waals surface area (Å²) in [7, 11) is 0. The maximum Gasteiger partial charge on any atom is 0.131 e. The fourth-order valence-electron chi connectivity index (χ4n) is 2.23. The van der Waals surface area contributed by atoms with E-state index in [-0.39, 0.29) is 0 Å². The molecule has 106 valence electrons. The summed E-state index contributed by atoms with van der Waals surface area (Å²) >= 11 is 1.50. The summed E-state index contributed by atoms with van der Waals surface area (Å²) in [5, 5.41) is 13.1. The van der Waals surface area contributed by atoms with Gasteiger partial charge in [0.2, 0.25) is 0 Å². The van der Waals surface area contributed by atoms with E-state index in [2.05, 4.69) is 36.2 Å².